The minimum atomic E-state index is -3.78. The van der Waals surface area contributed by atoms with E-state index in [2.05, 4.69) is 11.6 Å². The van der Waals surface area contributed by atoms with E-state index in [-0.39, 0.29) is 16.2 Å². The van der Waals surface area contributed by atoms with Crippen molar-refractivity contribution in [3.8, 4) is 0 Å². The van der Waals surface area contributed by atoms with Gasteiger partial charge in [-0.2, -0.15) is 0 Å². The largest absolute Gasteiger partial charge is 0.338 e. The molecule has 1 heterocycles. The Morgan fingerprint density at radius 2 is 1.96 bits per heavy atom. The van der Waals surface area contributed by atoms with Crippen LogP contribution in [0.5, 0.6) is 0 Å². The number of hydrogen-bond donors (Lipinski definition) is 2. The molecule has 1 aliphatic heterocycles. The number of rotatable bonds is 5. The molecule has 7 heteroatoms. The number of sulfonamides is 1. The number of anilines is 1. The van der Waals surface area contributed by atoms with Gasteiger partial charge >= 0.3 is 0 Å². The summed E-state index contributed by atoms with van der Waals surface area (Å²) in [6.07, 6.45) is 0.849. The number of amides is 1. The maximum absolute atomic E-state index is 12.8. The van der Waals surface area contributed by atoms with Crippen molar-refractivity contribution in [2.24, 2.45) is 11.1 Å². The van der Waals surface area contributed by atoms with Crippen molar-refractivity contribution >= 4 is 21.6 Å². The highest BCUT2D eigenvalue weighted by molar-refractivity contribution is 7.92. The highest BCUT2D eigenvalue weighted by atomic mass is 32.2. The number of carbonyl (C=O) groups is 1. The molecule has 1 aliphatic rings. The van der Waals surface area contributed by atoms with E-state index < -0.39 is 10.0 Å². The molecule has 0 radical (unpaired) electrons. The van der Waals surface area contributed by atoms with Crippen molar-refractivity contribution < 1.29 is 13.2 Å². The second kappa shape index (κ2) is 7.32. The van der Waals surface area contributed by atoms with E-state index in [9.17, 15) is 13.2 Å². The van der Waals surface area contributed by atoms with Crippen LogP contribution in [-0.2, 0) is 10.0 Å². The quantitative estimate of drug-likeness (QED) is 0.825. The molecule has 3 N–H and O–H groups in total. The van der Waals surface area contributed by atoms with Crippen molar-refractivity contribution in [2.75, 3.05) is 24.4 Å². The van der Waals surface area contributed by atoms with Crippen molar-refractivity contribution in [2.45, 2.75) is 25.2 Å². The zero-order valence-corrected chi connectivity index (χ0v) is 16.4. The van der Waals surface area contributed by atoms with Crippen LogP contribution < -0.4 is 10.5 Å². The van der Waals surface area contributed by atoms with Gasteiger partial charge in [-0.15, -0.1) is 0 Å². The number of nitrogens with two attached hydrogens (primary N) is 1. The lowest BCUT2D eigenvalue weighted by molar-refractivity contribution is 0.0776. The zero-order valence-electron chi connectivity index (χ0n) is 15.6. The fourth-order valence-electron chi connectivity index (χ4n) is 3.27. The Morgan fingerprint density at radius 3 is 2.63 bits per heavy atom. The highest BCUT2D eigenvalue weighted by Crippen LogP contribution is 2.29. The number of aryl methyl sites for hydroxylation is 1. The molecular weight excluding hydrogens is 362 g/mol. The molecule has 1 unspecified atom stereocenters. The lowest BCUT2D eigenvalue weighted by Gasteiger charge is -2.22. The molecule has 3 rings (SSSR count). The highest BCUT2D eigenvalue weighted by Gasteiger charge is 2.35. The van der Waals surface area contributed by atoms with Gasteiger partial charge in [0.05, 0.1) is 4.90 Å². The third-order valence-corrected chi connectivity index (χ3v) is 6.38. The predicted molar refractivity (Wildman–Crippen MR) is 106 cm³/mol. The normalized spacial score (nSPS) is 19.9. The Kier molecular flexibility index (Phi) is 5.26. The van der Waals surface area contributed by atoms with Gasteiger partial charge in [0.15, 0.2) is 0 Å². The molecular formula is C20H25N3O3S. The fraction of sp³-hybridized carbons (Fsp3) is 0.350. The average Bonchev–Trinajstić information content (AvgIpc) is 3.04. The first kappa shape index (κ1) is 19.4. The summed E-state index contributed by atoms with van der Waals surface area (Å²) in [6.45, 7) is 5.69. The maximum atomic E-state index is 12.8. The van der Waals surface area contributed by atoms with Crippen LogP contribution in [0.4, 0.5) is 5.69 Å². The number of hydrogen-bond acceptors (Lipinski definition) is 4. The van der Waals surface area contributed by atoms with Gasteiger partial charge in [-0.1, -0.05) is 25.1 Å². The van der Waals surface area contributed by atoms with E-state index in [1.807, 2.05) is 13.0 Å². The molecule has 2 aromatic carbocycles. The summed E-state index contributed by atoms with van der Waals surface area (Å²) in [4.78, 5) is 14.6. The van der Waals surface area contributed by atoms with E-state index in [1.165, 1.54) is 12.1 Å². The Morgan fingerprint density at radius 1 is 1.22 bits per heavy atom. The lowest BCUT2D eigenvalue weighted by atomic mass is 9.90. The molecule has 0 bridgehead atoms. The summed E-state index contributed by atoms with van der Waals surface area (Å²) in [7, 11) is -3.78. The van der Waals surface area contributed by atoms with Crippen LogP contribution in [0.1, 0.15) is 29.3 Å². The van der Waals surface area contributed by atoms with E-state index in [0.717, 1.165) is 12.0 Å². The lowest BCUT2D eigenvalue weighted by Crippen LogP contribution is -2.34. The minimum absolute atomic E-state index is 0.0654. The van der Waals surface area contributed by atoms with Crippen LogP contribution in [0.2, 0.25) is 0 Å². The summed E-state index contributed by atoms with van der Waals surface area (Å²) in [5.41, 5.74) is 7.54. The van der Waals surface area contributed by atoms with Crippen molar-refractivity contribution in [3.63, 3.8) is 0 Å². The van der Waals surface area contributed by atoms with Gasteiger partial charge < -0.3 is 10.6 Å². The first-order chi connectivity index (χ1) is 12.7. The van der Waals surface area contributed by atoms with Gasteiger partial charge in [0, 0.05) is 24.3 Å². The Labute approximate surface area is 160 Å². The SMILES string of the molecule is Cc1cccc(NS(=O)(=O)c2cccc(C(=O)N3CCC(C)(CN)C3)c2)c1. The average molecular weight is 388 g/mol. The summed E-state index contributed by atoms with van der Waals surface area (Å²) in [5.74, 6) is -0.167. The molecule has 1 saturated heterocycles. The van der Waals surface area contributed by atoms with Gasteiger partial charge in [-0.05, 0) is 61.2 Å². The number of benzene rings is 2. The second-order valence-electron chi connectivity index (χ2n) is 7.49. The number of likely N-dealkylation sites (tertiary alicyclic amines) is 1. The number of nitrogens with zero attached hydrogens (tertiary/aromatic N) is 1. The van der Waals surface area contributed by atoms with Crippen molar-refractivity contribution in [3.05, 3.63) is 59.7 Å². The van der Waals surface area contributed by atoms with E-state index in [1.54, 1.807) is 35.2 Å². The summed E-state index contributed by atoms with van der Waals surface area (Å²) >= 11 is 0. The van der Waals surface area contributed by atoms with Crippen molar-refractivity contribution in [1.29, 1.82) is 0 Å². The van der Waals surface area contributed by atoms with Gasteiger partial charge in [0.2, 0.25) is 0 Å². The maximum Gasteiger partial charge on any atom is 0.261 e. The fourth-order valence-corrected chi connectivity index (χ4v) is 4.36. The molecule has 1 atom stereocenters. The third-order valence-electron chi connectivity index (χ3n) is 5.00. The van der Waals surface area contributed by atoms with E-state index in [0.29, 0.717) is 30.9 Å². The molecule has 0 aliphatic carbocycles. The summed E-state index contributed by atoms with van der Waals surface area (Å²) < 4.78 is 28.0. The molecule has 0 spiro atoms. The van der Waals surface area contributed by atoms with Crippen LogP contribution in [0.25, 0.3) is 0 Å². The van der Waals surface area contributed by atoms with Crippen molar-refractivity contribution in [1.82, 2.24) is 4.90 Å². The zero-order chi connectivity index (χ0) is 19.7. The third kappa shape index (κ3) is 4.31. The van der Waals surface area contributed by atoms with Crippen LogP contribution in [0.15, 0.2) is 53.4 Å². The molecule has 27 heavy (non-hydrogen) atoms. The van der Waals surface area contributed by atoms with Gasteiger partial charge in [0.25, 0.3) is 15.9 Å². The van der Waals surface area contributed by atoms with E-state index >= 15 is 0 Å². The van der Waals surface area contributed by atoms with Crippen LogP contribution in [-0.4, -0.2) is 38.9 Å². The topological polar surface area (TPSA) is 92.5 Å². The second-order valence-corrected chi connectivity index (χ2v) is 9.18. The number of carbonyl (C=O) groups excluding carboxylic acids is 1. The minimum Gasteiger partial charge on any atom is -0.338 e. The van der Waals surface area contributed by atoms with Gasteiger partial charge in [-0.25, -0.2) is 8.42 Å². The van der Waals surface area contributed by atoms with E-state index in [4.69, 9.17) is 5.73 Å². The molecule has 0 aromatic heterocycles. The first-order valence-corrected chi connectivity index (χ1v) is 10.4. The number of nitrogens with one attached hydrogen (secondary N) is 1. The molecule has 1 fully saturated rings. The summed E-state index contributed by atoms with van der Waals surface area (Å²) in [6, 6.07) is 13.3. The Balaban J connectivity index is 1.82. The first-order valence-electron chi connectivity index (χ1n) is 8.91. The Hall–Kier alpha value is -2.38. The molecule has 6 nitrogen and oxygen atoms in total. The Bertz CT molecular complexity index is 958. The molecule has 2 aromatic rings. The monoisotopic (exact) mass is 387 g/mol. The van der Waals surface area contributed by atoms with Crippen LogP contribution >= 0.6 is 0 Å². The molecule has 1 amide bonds. The molecule has 0 saturated carbocycles. The smallest absolute Gasteiger partial charge is 0.261 e. The van der Waals surface area contributed by atoms with Crippen LogP contribution in [0.3, 0.4) is 0 Å². The standard InChI is InChI=1S/C20H25N3O3S/c1-15-5-3-7-17(11-15)22-27(25,26)18-8-4-6-16(12-18)19(24)23-10-9-20(2,13-21)14-23/h3-8,11-12,22H,9-10,13-14,21H2,1-2H3. The predicted octanol–water partition coefficient (Wildman–Crippen LogP) is 2.61. The van der Waals surface area contributed by atoms with Crippen LogP contribution in [0, 0.1) is 12.3 Å². The van der Waals surface area contributed by atoms with Gasteiger partial charge in [0.1, 0.15) is 0 Å². The van der Waals surface area contributed by atoms with Gasteiger partial charge in [-0.3, -0.25) is 9.52 Å². The summed E-state index contributed by atoms with van der Waals surface area (Å²) in [5, 5.41) is 0. The molecule has 144 valence electrons.